The van der Waals surface area contributed by atoms with Crippen molar-refractivity contribution in [3.63, 3.8) is 0 Å². The van der Waals surface area contributed by atoms with Crippen LogP contribution in [0.3, 0.4) is 0 Å². The predicted octanol–water partition coefficient (Wildman–Crippen LogP) is 1.77. The molecule has 2 atom stereocenters. The highest BCUT2D eigenvalue weighted by Crippen LogP contribution is 2.18. The van der Waals surface area contributed by atoms with Gasteiger partial charge in [0.25, 0.3) is 0 Å². The van der Waals surface area contributed by atoms with E-state index in [9.17, 15) is 4.39 Å². The van der Waals surface area contributed by atoms with Gasteiger partial charge in [-0.05, 0) is 47.7 Å². The molecular formula is C10H12FIN2O. The van der Waals surface area contributed by atoms with Crippen molar-refractivity contribution in [3.05, 3.63) is 22.0 Å². The molecular weight excluding hydrogens is 310 g/mol. The first-order valence-electron chi connectivity index (χ1n) is 4.89. The summed E-state index contributed by atoms with van der Waals surface area (Å²) in [5.74, 6) is 0.643. The van der Waals surface area contributed by atoms with Gasteiger partial charge >= 0.3 is 0 Å². The van der Waals surface area contributed by atoms with Crippen molar-refractivity contribution >= 4 is 22.6 Å². The van der Waals surface area contributed by atoms with E-state index < -0.39 is 6.17 Å². The van der Waals surface area contributed by atoms with Crippen molar-refractivity contribution in [1.29, 1.82) is 0 Å². The van der Waals surface area contributed by atoms with Crippen LogP contribution in [0.2, 0.25) is 0 Å². The molecule has 1 saturated heterocycles. The van der Waals surface area contributed by atoms with Crippen LogP contribution in [0.5, 0.6) is 5.75 Å². The van der Waals surface area contributed by atoms with Crippen LogP contribution in [0.1, 0.15) is 6.42 Å². The lowest BCUT2D eigenvalue weighted by Gasteiger charge is -2.27. The van der Waals surface area contributed by atoms with Gasteiger partial charge in [0.2, 0.25) is 0 Å². The van der Waals surface area contributed by atoms with E-state index in [0.29, 0.717) is 18.7 Å². The summed E-state index contributed by atoms with van der Waals surface area (Å²) in [6.07, 6.45) is 1.06. The van der Waals surface area contributed by atoms with Crippen molar-refractivity contribution in [2.75, 3.05) is 13.1 Å². The zero-order chi connectivity index (χ0) is 10.7. The van der Waals surface area contributed by atoms with E-state index in [-0.39, 0.29) is 6.10 Å². The van der Waals surface area contributed by atoms with Crippen LogP contribution < -0.4 is 10.1 Å². The van der Waals surface area contributed by atoms with E-state index in [1.54, 1.807) is 6.20 Å². The summed E-state index contributed by atoms with van der Waals surface area (Å²) in [6, 6.07) is 3.67. The summed E-state index contributed by atoms with van der Waals surface area (Å²) in [5.41, 5.74) is 0. The third kappa shape index (κ3) is 3.01. The van der Waals surface area contributed by atoms with Crippen LogP contribution in [0.4, 0.5) is 4.39 Å². The Morgan fingerprint density at radius 1 is 1.53 bits per heavy atom. The Morgan fingerprint density at radius 3 is 3.07 bits per heavy atom. The van der Waals surface area contributed by atoms with Crippen LogP contribution in [0, 0.1) is 3.70 Å². The number of halogens is 2. The molecule has 0 aliphatic carbocycles. The van der Waals surface area contributed by atoms with E-state index in [2.05, 4.69) is 32.9 Å². The Labute approximate surface area is 102 Å². The fourth-order valence-electron chi connectivity index (χ4n) is 1.54. The molecule has 2 rings (SSSR count). The molecule has 1 N–H and O–H groups in total. The molecule has 0 radical (unpaired) electrons. The van der Waals surface area contributed by atoms with Gasteiger partial charge in [0, 0.05) is 6.54 Å². The maximum absolute atomic E-state index is 13.4. The van der Waals surface area contributed by atoms with E-state index >= 15 is 0 Å². The summed E-state index contributed by atoms with van der Waals surface area (Å²) < 4.78 is 19.8. The lowest BCUT2D eigenvalue weighted by Crippen LogP contribution is -2.44. The molecule has 3 nitrogen and oxygen atoms in total. The molecule has 0 spiro atoms. The minimum Gasteiger partial charge on any atom is -0.486 e. The van der Waals surface area contributed by atoms with Crippen molar-refractivity contribution < 1.29 is 9.13 Å². The first-order chi connectivity index (χ1) is 7.25. The zero-order valence-corrected chi connectivity index (χ0v) is 10.3. The normalized spacial score (nSPS) is 26.3. The summed E-state index contributed by atoms with van der Waals surface area (Å²) >= 11 is 2.12. The van der Waals surface area contributed by atoms with Crippen LogP contribution in [-0.4, -0.2) is 30.3 Å². The first-order valence-corrected chi connectivity index (χ1v) is 5.96. The molecule has 0 bridgehead atoms. The summed E-state index contributed by atoms with van der Waals surface area (Å²) in [7, 11) is 0. The van der Waals surface area contributed by atoms with Gasteiger partial charge in [-0.15, -0.1) is 0 Å². The van der Waals surface area contributed by atoms with Crippen molar-refractivity contribution in [3.8, 4) is 5.75 Å². The van der Waals surface area contributed by atoms with E-state index in [4.69, 9.17) is 4.74 Å². The molecule has 1 aromatic rings. The number of pyridine rings is 1. The fourth-order valence-corrected chi connectivity index (χ4v) is 1.86. The van der Waals surface area contributed by atoms with E-state index in [0.717, 1.165) is 10.2 Å². The molecule has 1 aromatic heterocycles. The number of ether oxygens (including phenoxy) is 1. The van der Waals surface area contributed by atoms with Gasteiger partial charge in [0.15, 0.2) is 0 Å². The number of aromatic nitrogens is 1. The fraction of sp³-hybridized carbons (Fsp3) is 0.500. The second-order valence-corrected chi connectivity index (χ2v) is 4.59. The number of hydrogen-bond acceptors (Lipinski definition) is 3. The van der Waals surface area contributed by atoms with Crippen molar-refractivity contribution in [2.45, 2.75) is 18.7 Å². The molecule has 2 heterocycles. The Kier molecular flexibility index (Phi) is 3.74. The lowest BCUT2D eigenvalue weighted by atomic mass is 10.1. The minimum absolute atomic E-state index is 0.340. The lowest BCUT2D eigenvalue weighted by molar-refractivity contribution is 0.0728. The van der Waals surface area contributed by atoms with E-state index in [1.807, 2.05) is 12.1 Å². The number of nitrogens with one attached hydrogen (secondary N) is 1. The van der Waals surface area contributed by atoms with Crippen LogP contribution in [0.15, 0.2) is 18.3 Å². The number of nitrogens with zero attached hydrogens (tertiary/aromatic N) is 1. The summed E-state index contributed by atoms with van der Waals surface area (Å²) in [4.78, 5) is 4.09. The highest BCUT2D eigenvalue weighted by atomic mass is 127. The minimum atomic E-state index is -0.932. The van der Waals surface area contributed by atoms with Crippen LogP contribution >= 0.6 is 22.6 Å². The molecule has 82 valence electrons. The SMILES string of the molecule is F[C@@H]1CNCC[C@@H]1Oc1ccc(I)nc1. The standard InChI is InChI=1S/C10H12FIN2O/c11-8-6-13-4-3-9(8)15-7-1-2-10(12)14-5-7/h1-2,5,8-9,13H,3-4,6H2/t8-,9+/m1/s1. The second-order valence-electron chi connectivity index (χ2n) is 3.48. The topological polar surface area (TPSA) is 34.1 Å². The molecule has 0 unspecified atom stereocenters. The Balaban J connectivity index is 1.98. The number of alkyl halides is 1. The largest absolute Gasteiger partial charge is 0.486 e. The van der Waals surface area contributed by atoms with Crippen molar-refractivity contribution in [1.82, 2.24) is 10.3 Å². The van der Waals surface area contributed by atoms with Gasteiger partial charge in [-0.2, -0.15) is 0 Å². The molecule has 0 amide bonds. The van der Waals surface area contributed by atoms with Crippen molar-refractivity contribution in [2.24, 2.45) is 0 Å². The monoisotopic (exact) mass is 322 g/mol. The van der Waals surface area contributed by atoms with Gasteiger partial charge in [-0.25, -0.2) is 9.37 Å². The zero-order valence-electron chi connectivity index (χ0n) is 8.12. The van der Waals surface area contributed by atoms with E-state index in [1.165, 1.54) is 0 Å². The van der Waals surface area contributed by atoms with Crippen LogP contribution in [0.25, 0.3) is 0 Å². The number of piperidine rings is 1. The first kappa shape index (κ1) is 11.1. The van der Waals surface area contributed by atoms with Gasteiger partial charge < -0.3 is 10.1 Å². The summed E-state index contributed by atoms with van der Waals surface area (Å²) in [6.45, 7) is 1.19. The summed E-state index contributed by atoms with van der Waals surface area (Å²) in [5, 5.41) is 2.99. The number of rotatable bonds is 2. The molecule has 15 heavy (non-hydrogen) atoms. The molecule has 1 fully saturated rings. The molecule has 0 saturated carbocycles. The van der Waals surface area contributed by atoms with Gasteiger partial charge in [0.05, 0.1) is 6.20 Å². The smallest absolute Gasteiger partial charge is 0.149 e. The average Bonchev–Trinajstić information content (AvgIpc) is 2.25. The quantitative estimate of drug-likeness (QED) is 0.666. The third-order valence-electron chi connectivity index (χ3n) is 2.34. The molecule has 1 aliphatic rings. The maximum Gasteiger partial charge on any atom is 0.149 e. The number of hydrogen-bond donors (Lipinski definition) is 1. The highest BCUT2D eigenvalue weighted by molar-refractivity contribution is 14.1. The highest BCUT2D eigenvalue weighted by Gasteiger charge is 2.26. The molecule has 0 aromatic carbocycles. The van der Waals surface area contributed by atoms with Gasteiger partial charge in [-0.1, -0.05) is 0 Å². The maximum atomic E-state index is 13.4. The average molecular weight is 322 g/mol. The third-order valence-corrected chi connectivity index (χ3v) is 2.97. The van der Waals surface area contributed by atoms with Gasteiger partial charge in [-0.3, -0.25) is 0 Å². The van der Waals surface area contributed by atoms with Crippen LogP contribution in [-0.2, 0) is 0 Å². The Morgan fingerprint density at radius 2 is 2.40 bits per heavy atom. The Bertz CT molecular complexity index is 320. The molecule has 1 aliphatic heterocycles. The molecule has 5 heteroatoms. The predicted molar refractivity (Wildman–Crippen MR) is 63.8 cm³/mol. The van der Waals surface area contributed by atoms with Gasteiger partial charge in [0.1, 0.15) is 21.7 Å². The second kappa shape index (κ2) is 5.07. The Hall–Kier alpha value is -0.430.